The molecule has 0 aromatic rings. The number of ether oxygens (including phenoxy) is 1. The molecular weight excluding hydrogens is 291 g/mol. The molecule has 2 rings (SSSR count). The Morgan fingerprint density at radius 1 is 1.33 bits per heavy atom. The van der Waals surface area contributed by atoms with Crippen LogP contribution >= 0.6 is 0 Å². The minimum atomic E-state index is -4.61. The average Bonchev–Trinajstić information content (AvgIpc) is 3.02. The molecule has 21 heavy (non-hydrogen) atoms. The van der Waals surface area contributed by atoms with E-state index in [1.165, 1.54) is 7.11 Å². The highest BCUT2D eigenvalue weighted by Gasteiger charge is 2.58. The molecule has 0 radical (unpaired) electrons. The van der Waals surface area contributed by atoms with Crippen LogP contribution in [0.25, 0.3) is 0 Å². The van der Waals surface area contributed by atoms with Gasteiger partial charge in [-0.05, 0) is 19.3 Å². The summed E-state index contributed by atoms with van der Waals surface area (Å²) in [6, 6.07) is 0. The van der Waals surface area contributed by atoms with Gasteiger partial charge in [0.05, 0.1) is 17.3 Å². The Hall–Kier alpha value is -1.31. The van der Waals surface area contributed by atoms with Crippen molar-refractivity contribution in [1.29, 1.82) is 0 Å². The van der Waals surface area contributed by atoms with Crippen LogP contribution in [0.1, 0.15) is 19.3 Å². The summed E-state index contributed by atoms with van der Waals surface area (Å²) in [7, 11) is 1.50. The monoisotopic (exact) mass is 309 g/mol. The number of carboxylic acid groups (broad SMARTS) is 1. The fraction of sp³-hybridized carbons (Fsp3) is 0.846. The molecule has 1 saturated heterocycles. The van der Waals surface area contributed by atoms with Gasteiger partial charge in [0.2, 0.25) is 5.91 Å². The quantitative estimate of drug-likeness (QED) is 0.836. The van der Waals surface area contributed by atoms with E-state index in [0.29, 0.717) is 25.9 Å². The molecule has 2 atom stereocenters. The molecule has 0 aromatic carbocycles. The normalized spacial score (nSPS) is 27.7. The Labute approximate surface area is 120 Å². The lowest BCUT2D eigenvalue weighted by atomic mass is 9.96. The molecule has 1 aliphatic heterocycles. The Balaban J connectivity index is 2.09. The topological polar surface area (TPSA) is 66.8 Å². The Morgan fingerprint density at radius 2 is 1.95 bits per heavy atom. The number of carbonyl (C=O) groups is 2. The van der Waals surface area contributed by atoms with Crippen LogP contribution < -0.4 is 0 Å². The zero-order valence-corrected chi connectivity index (χ0v) is 11.7. The molecule has 120 valence electrons. The molecular formula is C13H18F3NO4. The van der Waals surface area contributed by atoms with E-state index in [2.05, 4.69) is 0 Å². The van der Waals surface area contributed by atoms with E-state index >= 15 is 0 Å². The maximum atomic E-state index is 12.9. The average molecular weight is 309 g/mol. The first-order valence-corrected chi connectivity index (χ1v) is 6.79. The van der Waals surface area contributed by atoms with Gasteiger partial charge in [-0.25, -0.2) is 0 Å². The van der Waals surface area contributed by atoms with Crippen LogP contribution in [0.15, 0.2) is 0 Å². The van der Waals surface area contributed by atoms with Crippen LogP contribution in [-0.4, -0.2) is 54.9 Å². The molecule has 8 heteroatoms. The van der Waals surface area contributed by atoms with Gasteiger partial charge in [-0.2, -0.15) is 13.2 Å². The van der Waals surface area contributed by atoms with E-state index in [1.54, 1.807) is 0 Å². The van der Waals surface area contributed by atoms with Crippen LogP contribution in [0.4, 0.5) is 13.2 Å². The van der Waals surface area contributed by atoms with E-state index in [0.717, 1.165) is 4.90 Å². The summed E-state index contributed by atoms with van der Waals surface area (Å²) in [6.45, 7) is -0.564. The predicted octanol–water partition coefficient (Wildman–Crippen LogP) is 1.52. The summed E-state index contributed by atoms with van der Waals surface area (Å²) in [4.78, 5) is 24.5. The lowest BCUT2D eigenvalue weighted by molar-refractivity contribution is -0.188. The number of rotatable bonds is 5. The van der Waals surface area contributed by atoms with Crippen molar-refractivity contribution in [3.63, 3.8) is 0 Å². The third kappa shape index (κ3) is 3.14. The highest BCUT2D eigenvalue weighted by atomic mass is 19.4. The molecule has 0 bridgehead atoms. The molecule has 1 aliphatic carbocycles. The van der Waals surface area contributed by atoms with Crippen LogP contribution in [0.2, 0.25) is 0 Å². The van der Waals surface area contributed by atoms with Crippen molar-refractivity contribution in [3.05, 3.63) is 0 Å². The van der Waals surface area contributed by atoms with Gasteiger partial charge < -0.3 is 14.7 Å². The van der Waals surface area contributed by atoms with Gasteiger partial charge in [0.15, 0.2) is 0 Å². The van der Waals surface area contributed by atoms with Crippen molar-refractivity contribution in [1.82, 2.24) is 4.90 Å². The number of likely N-dealkylation sites (tertiary alicyclic amines) is 1. The molecule has 1 saturated carbocycles. The number of carbonyl (C=O) groups excluding carboxylic acids is 1. The molecule has 2 aliphatic rings. The summed E-state index contributed by atoms with van der Waals surface area (Å²) in [5, 5.41) is 8.95. The number of hydrogen-bond donors (Lipinski definition) is 1. The smallest absolute Gasteiger partial charge is 0.394 e. The second-order valence-corrected chi connectivity index (χ2v) is 5.83. The highest BCUT2D eigenvalue weighted by Crippen LogP contribution is 2.51. The second kappa shape index (κ2) is 5.47. The summed E-state index contributed by atoms with van der Waals surface area (Å²) < 4.78 is 43.6. The highest BCUT2D eigenvalue weighted by molar-refractivity contribution is 5.86. The SMILES string of the molecule is COCCC1(C(=O)N2C[C@@H](C(F)(F)F)[C@H](C(=O)O)C2)CC1. The molecule has 0 unspecified atom stereocenters. The van der Waals surface area contributed by atoms with Crippen LogP contribution in [0.3, 0.4) is 0 Å². The Bertz CT molecular complexity index is 434. The van der Waals surface area contributed by atoms with Crippen LogP contribution in [-0.2, 0) is 14.3 Å². The standard InChI is InChI=1S/C13H18F3NO4/c1-21-5-4-12(2-3-12)11(20)17-6-8(10(18)19)9(7-17)13(14,15)16/h8-9H,2-7H2,1H3,(H,18,19)/t8-,9-/m1/s1. The lowest BCUT2D eigenvalue weighted by Gasteiger charge is -2.23. The zero-order valence-electron chi connectivity index (χ0n) is 11.7. The summed E-state index contributed by atoms with van der Waals surface area (Å²) >= 11 is 0. The first-order chi connectivity index (χ1) is 9.71. The van der Waals surface area contributed by atoms with Gasteiger partial charge in [-0.15, -0.1) is 0 Å². The van der Waals surface area contributed by atoms with Gasteiger partial charge in [0.25, 0.3) is 0 Å². The van der Waals surface area contributed by atoms with Gasteiger partial charge in [0.1, 0.15) is 0 Å². The first kappa shape index (κ1) is 16.1. The van der Waals surface area contributed by atoms with E-state index in [4.69, 9.17) is 9.84 Å². The summed E-state index contributed by atoms with van der Waals surface area (Å²) in [6.07, 6.45) is -2.89. The first-order valence-electron chi connectivity index (χ1n) is 6.79. The summed E-state index contributed by atoms with van der Waals surface area (Å²) in [5.41, 5.74) is -0.639. The van der Waals surface area contributed by atoms with Gasteiger partial charge in [-0.3, -0.25) is 9.59 Å². The number of halogens is 3. The fourth-order valence-electron chi connectivity index (χ4n) is 2.91. The Morgan fingerprint density at radius 3 is 2.33 bits per heavy atom. The predicted molar refractivity (Wildman–Crippen MR) is 65.4 cm³/mol. The summed E-state index contributed by atoms with van der Waals surface area (Å²) in [5.74, 6) is -5.43. The number of amides is 1. The number of alkyl halides is 3. The fourth-order valence-corrected chi connectivity index (χ4v) is 2.91. The number of methoxy groups -OCH3 is 1. The number of nitrogens with zero attached hydrogens (tertiary/aromatic N) is 1. The third-order valence-corrected chi connectivity index (χ3v) is 4.44. The largest absolute Gasteiger partial charge is 0.481 e. The lowest BCUT2D eigenvalue weighted by Crippen LogP contribution is -2.37. The minimum Gasteiger partial charge on any atom is -0.481 e. The van der Waals surface area contributed by atoms with E-state index in [1.807, 2.05) is 0 Å². The zero-order chi connectivity index (χ0) is 15.8. The molecule has 2 fully saturated rings. The molecule has 0 aromatic heterocycles. The molecule has 1 heterocycles. The van der Waals surface area contributed by atoms with Crippen molar-refractivity contribution in [2.75, 3.05) is 26.8 Å². The van der Waals surface area contributed by atoms with Crippen molar-refractivity contribution in [3.8, 4) is 0 Å². The number of carboxylic acids is 1. The van der Waals surface area contributed by atoms with Gasteiger partial charge in [-0.1, -0.05) is 0 Å². The van der Waals surface area contributed by atoms with E-state index in [-0.39, 0.29) is 12.5 Å². The second-order valence-electron chi connectivity index (χ2n) is 5.83. The molecule has 1 N–H and O–H groups in total. The maximum Gasteiger partial charge on any atom is 0.394 e. The van der Waals surface area contributed by atoms with Crippen molar-refractivity contribution < 1.29 is 32.6 Å². The van der Waals surface area contributed by atoms with Gasteiger partial charge in [0, 0.05) is 26.8 Å². The van der Waals surface area contributed by atoms with Crippen LogP contribution in [0, 0.1) is 17.3 Å². The van der Waals surface area contributed by atoms with Crippen LogP contribution in [0.5, 0.6) is 0 Å². The van der Waals surface area contributed by atoms with E-state index in [9.17, 15) is 22.8 Å². The van der Waals surface area contributed by atoms with Crippen molar-refractivity contribution >= 4 is 11.9 Å². The van der Waals surface area contributed by atoms with Crippen molar-refractivity contribution in [2.45, 2.75) is 25.4 Å². The molecule has 5 nitrogen and oxygen atoms in total. The molecule has 0 spiro atoms. The molecule has 1 amide bonds. The van der Waals surface area contributed by atoms with Gasteiger partial charge >= 0.3 is 12.1 Å². The van der Waals surface area contributed by atoms with E-state index < -0.39 is 35.9 Å². The number of hydrogen-bond acceptors (Lipinski definition) is 3. The third-order valence-electron chi connectivity index (χ3n) is 4.44. The Kier molecular flexibility index (Phi) is 4.19. The minimum absolute atomic E-state index is 0.363. The van der Waals surface area contributed by atoms with Crippen molar-refractivity contribution in [2.24, 2.45) is 17.3 Å². The maximum absolute atomic E-state index is 12.9. The number of aliphatic carboxylic acids is 1.